The molecular weight excluding hydrogens is 522 g/mol. The number of benzene rings is 3. The first-order valence-electron chi connectivity index (χ1n) is 11.5. The fourth-order valence-corrected chi connectivity index (χ4v) is 5.66. The molecule has 2 unspecified atom stereocenters. The first-order chi connectivity index (χ1) is 17.3. The molecule has 0 aliphatic carbocycles. The van der Waals surface area contributed by atoms with Crippen molar-refractivity contribution in [3.05, 3.63) is 78.9 Å². The lowest BCUT2D eigenvalue weighted by Crippen LogP contribution is -2.42. The number of alkyl halides is 2. The van der Waals surface area contributed by atoms with Crippen LogP contribution in [0.4, 0.5) is 8.78 Å². The van der Waals surface area contributed by atoms with Gasteiger partial charge in [-0.05, 0) is 87.9 Å². The van der Waals surface area contributed by atoms with E-state index in [0.717, 1.165) is 21.6 Å². The summed E-state index contributed by atoms with van der Waals surface area (Å²) in [6.45, 7) is 6.45. The Kier molecular flexibility index (Phi) is 8.66. The monoisotopic (exact) mass is 551 g/mol. The first kappa shape index (κ1) is 28.6. The van der Waals surface area contributed by atoms with E-state index in [4.69, 9.17) is 14.0 Å². The Bertz CT molecular complexity index is 1310. The van der Waals surface area contributed by atoms with Gasteiger partial charge in [-0.15, -0.1) is 0 Å². The molecular formula is C27H29F2O6S2+. The maximum Gasteiger partial charge on any atom is 0.405 e. The Morgan fingerprint density at radius 2 is 1.35 bits per heavy atom. The van der Waals surface area contributed by atoms with Gasteiger partial charge in [0.1, 0.15) is 11.5 Å². The van der Waals surface area contributed by atoms with E-state index in [1.165, 1.54) is 12.1 Å². The van der Waals surface area contributed by atoms with Crippen molar-refractivity contribution in [1.29, 1.82) is 0 Å². The topological polar surface area (TPSA) is 89.9 Å². The van der Waals surface area contributed by atoms with Gasteiger partial charge in [0.2, 0.25) is 0 Å². The van der Waals surface area contributed by atoms with Crippen LogP contribution in [-0.2, 0) is 25.8 Å². The predicted molar refractivity (Wildman–Crippen MR) is 138 cm³/mol. The number of hydrogen-bond acceptors (Lipinski definition) is 5. The second kappa shape index (κ2) is 11.2. The highest BCUT2D eigenvalue weighted by Gasteiger charge is 2.51. The maximum absolute atomic E-state index is 13.9. The number of esters is 1. The van der Waals surface area contributed by atoms with Gasteiger partial charge in [0.15, 0.2) is 20.8 Å². The summed E-state index contributed by atoms with van der Waals surface area (Å²) in [5.41, 5.74) is -0.598. The van der Waals surface area contributed by atoms with Crippen LogP contribution in [0, 0.1) is 5.41 Å². The summed E-state index contributed by atoms with van der Waals surface area (Å²) >= 11 is 0. The molecule has 37 heavy (non-hydrogen) atoms. The standard InChI is InChI=1S/C27H28F2O6S2/c1-5-26(3,4)25(30)35-21-13-17-24(18-14-21)36(22-9-7-6-8-10-22)23-15-11-20(12-16-23)34-19(2)27(28,29)37(31,32)33/h6-19H,5H2,1-4H3/p+1. The van der Waals surface area contributed by atoms with E-state index < -0.39 is 37.8 Å². The molecule has 10 heteroatoms. The number of carbonyl (C=O) groups excluding carboxylic acids is 1. The van der Waals surface area contributed by atoms with Gasteiger partial charge in [0.25, 0.3) is 0 Å². The first-order valence-corrected chi connectivity index (χ1v) is 14.2. The molecule has 0 aromatic heterocycles. The quantitative estimate of drug-likeness (QED) is 0.136. The van der Waals surface area contributed by atoms with Crippen molar-refractivity contribution in [1.82, 2.24) is 0 Å². The summed E-state index contributed by atoms with van der Waals surface area (Å²) < 4.78 is 69.2. The molecule has 3 aromatic carbocycles. The molecule has 0 bridgehead atoms. The molecule has 0 radical (unpaired) electrons. The third-order valence-corrected chi connectivity index (χ3v) is 9.13. The average Bonchev–Trinajstić information content (AvgIpc) is 2.86. The molecule has 6 nitrogen and oxygen atoms in total. The Balaban J connectivity index is 1.88. The number of ether oxygens (including phenoxy) is 2. The zero-order valence-electron chi connectivity index (χ0n) is 20.9. The van der Waals surface area contributed by atoms with Gasteiger partial charge in [0, 0.05) is 0 Å². The van der Waals surface area contributed by atoms with Gasteiger partial charge in [-0.2, -0.15) is 17.2 Å². The van der Waals surface area contributed by atoms with E-state index in [9.17, 15) is 22.0 Å². The van der Waals surface area contributed by atoms with Crippen LogP contribution >= 0.6 is 0 Å². The zero-order chi connectivity index (χ0) is 27.4. The highest BCUT2D eigenvalue weighted by Crippen LogP contribution is 2.34. The molecule has 0 aliphatic heterocycles. The number of halogens is 2. The minimum Gasteiger partial charge on any atom is -0.483 e. The average molecular weight is 552 g/mol. The summed E-state index contributed by atoms with van der Waals surface area (Å²) in [4.78, 5) is 15.2. The highest BCUT2D eigenvalue weighted by atomic mass is 32.2. The fraction of sp³-hybridized carbons (Fsp3) is 0.296. The van der Waals surface area contributed by atoms with E-state index in [1.807, 2.05) is 63.2 Å². The Morgan fingerprint density at radius 3 is 1.81 bits per heavy atom. The van der Waals surface area contributed by atoms with Gasteiger partial charge < -0.3 is 9.47 Å². The minimum atomic E-state index is -5.62. The predicted octanol–water partition coefficient (Wildman–Crippen LogP) is 6.37. The third-order valence-electron chi connectivity index (χ3n) is 5.87. The van der Waals surface area contributed by atoms with Gasteiger partial charge in [-0.25, -0.2) is 0 Å². The molecule has 0 saturated carbocycles. The second-order valence-corrected chi connectivity index (χ2v) is 12.5. The van der Waals surface area contributed by atoms with Crippen LogP contribution in [-0.4, -0.2) is 30.3 Å². The number of hydrogen-bond donors (Lipinski definition) is 1. The Hall–Kier alpha value is -2.95. The van der Waals surface area contributed by atoms with E-state index in [2.05, 4.69) is 0 Å². The molecule has 1 N–H and O–H groups in total. The molecule has 0 amide bonds. The molecule has 3 aromatic rings. The van der Waals surface area contributed by atoms with E-state index >= 15 is 0 Å². The molecule has 2 atom stereocenters. The van der Waals surface area contributed by atoms with Crippen LogP contribution in [0.25, 0.3) is 0 Å². The van der Waals surface area contributed by atoms with Gasteiger partial charge >= 0.3 is 21.3 Å². The van der Waals surface area contributed by atoms with Crippen molar-refractivity contribution in [2.75, 3.05) is 0 Å². The van der Waals surface area contributed by atoms with Crippen molar-refractivity contribution in [3.63, 3.8) is 0 Å². The molecule has 0 heterocycles. The van der Waals surface area contributed by atoms with E-state index in [0.29, 0.717) is 12.2 Å². The van der Waals surface area contributed by atoms with Crippen LogP contribution in [0.1, 0.15) is 34.1 Å². The van der Waals surface area contributed by atoms with Crippen molar-refractivity contribution in [2.24, 2.45) is 5.41 Å². The third kappa shape index (κ3) is 6.68. The van der Waals surface area contributed by atoms with Gasteiger partial charge in [-0.3, -0.25) is 9.35 Å². The number of carbonyl (C=O) groups is 1. The molecule has 0 fully saturated rings. The Morgan fingerprint density at radius 1 is 0.892 bits per heavy atom. The summed E-state index contributed by atoms with van der Waals surface area (Å²) in [7, 11) is -6.21. The van der Waals surface area contributed by atoms with E-state index in [1.54, 1.807) is 24.3 Å². The van der Waals surface area contributed by atoms with Crippen LogP contribution < -0.4 is 9.47 Å². The molecule has 0 aliphatic rings. The second-order valence-electron chi connectivity index (χ2n) is 8.99. The normalized spacial score (nSPS) is 14.0. The summed E-state index contributed by atoms with van der Waals surface area (Å²) in [6, 6.07) is 23.2. The molecule has 0 spiro atoms. The summed E-state index contributed by atoms with van der Waals surface area (Å²) in [6.07, 6.45) is -1.46. The molecule has 0 saturated heterocycles. The van der Waals surface area contributed by atoms with E-state index in [-0.39, 0.29) is 11.7 Å². The largest absolute Gasteiger partial charge is 0.483 e. The van der Waals surface area contributed by atoms with Crippen molar-refractivity contribution < 1.29 is 36.0 Å². The zero-order valence-corrected chi connectivity index (χ0v) is 22.5. The lowest BCUT2D eigenvalue weighted by molar-refractivity contribution is -0.144. The minimum absolute atomic E-state index is 0.0250. The molecule has 198 valence electrons. The SMILES string of the molecule is CCC(C)(C)C(=O)Oc1ccc([S+](c2ccccc2)c2ccc(OC(C)C(F)(F)S(=O)(=O)O)cc2)cc1. The van der Waals surface area contributed by atoms with Gasteiger partial charge in [-0.1, -0.05) is 25.1 Å². The van der Waals surface area contributed by atoms with Crippen LogP contribution in [0.5, 0.6) is 11.5 Å². The van der Waals surface area contributed by atoms with Crippen LogP contribution in [0.2, 0.25) is 0 Å². The number of rotatable bonds is 10. The molecule has 3 rings (SSSR count). The lowest BCUT2D eigenvalue weighted by atomic mass is 9.91. The Labute approximate surface area is 218 Å². The van der Waals surface area contributed by atoms with Crippen LogP contribution in [0.3, 0.4) is 0 Å². The summed E-state index contributed by atoms with van der Waals surface area (Å²) in [5.74, 6) is 0.149. The maximum atomic E-state index is 13.9. The van der Waals surface area contributed by atoms with Gasteiger partial charge in [0.05, 0.1) is 16.3 Å². The smallest absolute Gasteiger partial charge is 0.405 e. The highest BCUT2D eigenvalue weighted by molar-refractivity contribution is 7.97. The van der Waals surface area contributed by atoms with Crippen molar-refractivity contribution >= 4 is 27.0 Å². The fourth-order valence-electron chi connectivity index (χ4n) is 3.13. The summed E-state index contributed by atoms with van der Waals surface area (Å²) in [5, 5.41) is -4.46. The lowest BCUT2D eigenvalue weighted by Gasteiger charge is -2.21. The van der Waals surface area contributed by atoms with Crippen molar-refractivity contribution in [2.45, 2.75) is 60.2 Å². The van der Waals surface area contributed by atoms with Crippen LogP contribution in [0.15, 0.2) is 93.5 Å². The van der Waals surface area contributed by atoms with Crippen molar-refractivity contribution in [3.8, 4) is 11.5 Å².